The van der Waals surface area contributed by atoms with Crippen LogP contribution >= 0.6 is 23.2 Å². The smallest absolute Gasteiger partial charge is 0.261 e. The number of carbonyl (C=O) groups excluding carboxylic acids is 2. The maximum absolute atomic E-state index is 13.1. The van der Waals surface area contributed by atoms with E-state index in [2.05, 4.69) is 5.32 Å². The molecule has 5 nitrogen and oxygen atoms in total. The molecule has 2 amide bonds. The molecule has 0 saturated heterocycles. The average molecular weight is 451 g/mol. The van der Waals surface area contributed by atoms with Crippen molar-refractivity contribution in [2.45, 2.75) is 52.2 Å². The molecule has 0 fully saturated rings. The Hall–Kier alpha value is -2.24. The second-order valence-electron chi connectivity index (χ2n) is 7.11. The van der Waals surface area contributed by atoms with Crippen LogP contribution in [-0.4, -0.2) is 35.4 Å². The summed E-state index contributed by atoms with van der Waals surface area (Å²) in [5, 5.41) is 3.79. The molecular formula is C23H28Cl2N2O3. The van der Waals surface area contributed by atoms with Gasteiger partial charge in [0, 0.05) is 17.6 Å². The SMILES string of the molecule is CC[C@@H](C)NC(=O)[C@@H](CC)N(Cc1ccccc1)C(=O)COc1ccc(Cl)cc1Cl. The molecule has 2 aromatic rings. The second-order valence-corrected chi connectivity index (χ2v) is 7.96. The Bertz CT molecular complexity index is 846. The van der Waals surface area contributed by atoms with Crippen LogP contribution < -0.4 is 10.1 Å². The summed E-state index contributed by atoms with van der Waals surface area (Å²) in [6, 6.07) is 13.8. The van der Waals surface area contributed by atoms with Gasteiger partial charge in [-0.1, -0.05) is 67.4 Å². The molecule has 0 aliphatic rings. The van der Waals surface area contributed by atoms with Gasteiger partial charge in [0.05, 0.1) is 5.02 Å². The highest BCUT2D eigenvalue weighted by Crippen LogP contribution is 2.27. The summed E-state index contributed by atoms with van der Waals surface area (Å²) in [4.78, 5) is 27.5. The molecule has 0 spiro atoms. The molecule has 0 aliphatic heterocycles. The molecule has 0 radical (unpaired) electrons. The van der Waals surface area contributed by atoms with Crippen molar-refractivity contribution in [3.63, 3.8) is 0 Å². The van der Waals surface area contributed by atoms with E-state index < -0.39 is 6.04 Å². The highest BCUT2D eigenvalue weighted by atomic mass is 35.5. The molecule has 30 heavy (non-hydrogen) atoms. The van der Waals surface area contributed by atoms with E-state index in [0.29, 0.717) is 28.8 Å². The standard InChI is InChI=1S/C23H28Cl2N2O3/c1-4-16(3)26-23(29)20(5-2)27(14-17-9-7-6-8-10-17)22(28)15-30-21-12-11-18(24)13-19(21)25/h6-13,16,20H,4-5,14-15H2,1-3H3,(H,26,29)/t16-,20-/m1/s1. The minimum Gasteiger partial charge on any atom is -0.482 e. The van der Waals surface area contributed by atoms with Gasteiger partial charge in [-0.25, -0.2) is 0 Å². The van der Waals surface area contributed by atoms with Crippen LogP contribution in [0.2, 0.25) is 10.0 Å². The fourth-order valence-electron chi connectivity index (χ4n) is 2.96. The zero-order valence-electron chi connectivity index (χ0n) is 17.5. The first kappa shape index (κ1) is 24.0. The van der Waals surface area contributed by atoms with E-state index in [4.69, 9.17) is 27.9 Å². The first-order valence-corrected chi connectivity index (χ1v) is 10.8. The first-order valence-electron chi connectivity index (χ1n) is 10.1. The van der Waals surface area contributed by atoms with Crippen molar-refractivity contribution < 1.29 is 14.3 Å². The fourth-order valence-corrected chi connectivity index (χ4v) is 3.42. The Kier molecular flexibility index (Phi) is 9.47. The third-order valence-corrected chi connectivity index (χ3v) is 5.36. The van der Waals surface area contributed by atoms with Gasteiger partial charge >= 0.3 is 0 Å². The van der Waals surface area contributed by atoms with E-state index in [1.165, 1.54) is 0 Å². The highest BCUT2D eigenvalue weighted by molar-refractivity contribution is 6.35. The molecule has 2 rings (SSSR count). The third kappa shape index (κ3) is 6.92. The van der Waals surface area contributed by atoms with Crippen LogP contribution in [-0.2, 0) is 16.1 Å². The normalized spacial score (nSPS) is 12.7. The lowest BCUT2D eigenvalue weighted by atomic mass is 10.1. The summed E-state index contributed by atoms with van der Waals surface area (Å²) in [5.41, 5.74) is 0.935. The van der Waals surface area contributed by atoms with Crippen molar-refractivity contribution in [1.82, 2.24) is 10.2 Å². The van der Waals surface area contributed by atoms with E-state index in [9.17, 15) is 9.59 Å². The summed E-state index contributed by atoms with van der Waals surface area (Å²) in [5.74, 6) is -0.0946. The molecule has 0 bridgehead atoms. The number of halogens is 2. The number of carbonyl (C=O) groups is 2. The molecule has 0 unspecified atom stereocenters. The molecular weight excluding hydrogens is 423 g/mol. The Morgan fingerprint density at radius 2 is 1.77 bits per heavy atom. The Morgan fingerprint density at radius 3 is 2.37 bits per heavy atom. The van der Waals surface area contributed by atoms with Crippen molar-refractivity contribution in [3.8, 4) is 5.75 Å². The van der Waals surface area contributed by atoms with Crippen LogP contribution in [0, 0.1) is 0 Å². The maximum Gasteiger partial charge on any atom is 0.261 e. The lowest BCUT2D eigenvalue weighted by Crippen LogP contribution is -2.51. The molecule has 0 saturated carbocycles. The van der Waals surface area contributed by atoms with E-state index >= 15 is 0 Å². The predicted molar refractivity (Wildman–Crippen MR) is 121 cm³/mol. The van der Waals surface area contributed by atoms with Crippen molar-refractivity contribution in [1.29, 1.82) is 0 Å². The van der Waals surface area contributed by atoms with Crippen LogP contribution in [0.15, 0.2) is 48.5 Å². The average Bonchev–Trinajstić information content (AvgIpc) is 2.73. The summed E-state index contributed by atoms with van der Waals surface area (Å²) < 4.78 is 5.64. The van der Waals surface area contributed by atoms with E-state index in [1.54, 1.807) is 23.1 Å². The summed E-state index contributed by atoms with van der Waals surface area (Å²) >= 11 is 12.0. The van der Waals surface area contributed by atoms with Gasteiger partial charge < -0.3 is 15.0 Å². The van der Waals surface area contributed by atoms with E-state index in [-0.39, 0.29) is 24.5 Å². The fraction of sp³-hybridized carbons (Fsp3) is 0.391. The van der Waals surface area contributed by atoms with Crippen LogP contribution in [0.5, 0.6) is 5.75 Å². The van der Waals surface area contributed by atoms with Crippen LogP contribution in [0.1, 0.15) is 39.2 Å². The molecule has 0 aromatic heterocycles. The zero-order valence-corrected chi connectivity index (χ0v) is 19.0. The number of nitrogens with one attached hydrogen (secondary N) is 1. The van der Waals surface area contributed by atoms with Crippen LogP contribution in [0.3, 0.4) is 0 Å². The minimum atomic E-state index is -0.601. The topological polar surface area (TPSA) is 58.6 Å². The van der Waals surface area contributed by atoms with Crippen molar-refractivity contribution >= 4 is 35.0 Å². The maximum atomic E-state index is 13.1. The van der Waals surface area contributed by atoms with Gasteiger partial charge in [0.25, 0.3) is 5.91 Å². The number of nitrogens with zero attached hydrogens (tertiary/aromatic N) is 1. The predicted octanol–water partition coefficient (Wildman–Crippen LogP) is 5.09. The highest BCUT2D eigenvalue weighted by Gasteiger charge is 2.29. The van der Waals surface area contributed by atoms with Gasteiger partial charge in [0.2, 0.25) is 5.91 Å². The third-order valence-electron chi connectivity index (χ3n) is 4.83. The number of benzene rings is 2. The largest absolute Gasteiger partial charge is 0.482 e. The Morgan fingerprint density at radius 1 is 1.07 bits per heavy atom. The zero-order chi connectivity index (χ0) is 22.1. The minimum absolute atomic E-state index is 0.0318. The second kappa shape index (κ2) is 11.8. The van der Waals surface area contributed by atoms with Gasteiger partial charge in [-0.15, -0.1) is 0 Å². The molecule has 0 aliphatic carbocycles. The van der Waals surface area contributed by atoms with Gasteiger partial charge in [-0.3, -0.25) is 9.59 Å². The lowest BCUT2D eigenvalue weighted by Gasteiger charge is -2.31. The van der Waals surface area contributed by atoms with E-state index in [0.717, 1.165) is 12.0 Å². The molecule has 7 heteroatoms. The summed E-state index contributed by atoms with van der Waals surface area (Å²) in [6.45, 7) is 5.91. The molecule has 162 valence electrons. The van der Waals surface area contributed by atoms with Gasteiger partial charge in [-0.2, -0.15) is 0 Å². The number of hydrogen-bond acceptors (Lipinski definition) is 3. The number of ether oxygens (including phenoxy) is 1. The van der Waals surface area contributed by atoms with Gasteiger partial charge in [-0.05, 0) is 43.5 Å². The lowest BCUT2D eigenvalue weighted by molar-refractivity contribution is -0.143. The van der Waals surface area contributed by atoms with Crippen molar-refractivity contribution in [2.24, 2.45) is 0 Å². The molecule has 2 aromatic carbocycles. The molecule has 2 atom stereocenters. The Balaban J connectivity index is 2.20. The quantitative estimate of drug-likeness (QED) is 0.547. The molecule has 1 N–H and O–H groups in total. The summed E-state index contributed by atoms with van der Waals surface area (Å²) in [6.07, 6.45) is 1.30. The van der Waals surface area contributed by atoms with Crippen molar-refractivity contribution in [2.75, 3.05) is 6.61 Å². The number of amides is 2. The van der Waals surface area contributed by atoms with Crippen molar-refractivity contribution in [3.05, 3.63) is 64.1 Å². The first-order chi connectivity index (χ1) is 14.3. The van der Waals surface area contributed by atoms with Crippen LogP contribution in [0.25, 0.3) is 0 Å². The number of hydrogen-bond donors (Lipinski definition) is 1. The summed E-state index contributed by atoms with van der Waals surface area (Å²) in [7, 11) is 0. The monoisotopic (exact) mass is 450 g/mol. The van der Waals surface area contributed by atoms with Gasteiger partial charge in [0.1, 0.15) is 11.8 Å². The molecule has 0 heterocycles. The van der Waals surface area contributed by atoms with Gasteiger partial charge in [0.15, 0.2) is 6.61 Å². The number of rotatable bonds is 10. The van der Waals surface area contributed by atoms with Crippen LogP contribution in [0.4, 0.5) is 0 Å². The van der Waals surface area contributed by atoms with E-state index in [1.807, 2.05) is 51.1 Å². The Labute approximate surface area is 188 Å².